The zero-order valence-corrected chi connectivity index (χ0v) is 14.6. The summed E-state index contributed by atoms with van der Waals surface area (Å²) in [6.45, 7) is 3.39. The minimum Gasteiger partial charge on any atom is -0.461 e. The van der Waals surface area contributed by atoms with Crippen LogP contribution in [-0.4, -0.2) is 56.8 Å². The first-order chi connectivity index (χ1) is 11.5. The van der Waals surface area contributed by atoms with Crippen LogP contribution in [0.25, 0.3) is 10.6 Å². The summed E-state index contributed by atoms with van der Waals surface area (Å²) in [5.74, 6) is -0.253. The van der Waals surface area contributed by atoms with Gasteiger partial charge in [-0.3, -0.25) is 0 Å². The van der Waals surface area contributed by atoms with Crippen molar-refractivity contribution in [1.29, 1.82) is 0 Å². The van der Waals surface area contributed by atoms with E-state index in [0.717, 1.165) is 11.3 Å². The Hall–Kier alpha value is -1.75. The Labute approximate surface area is 143 Å². The fourth-order valence-corrected chi connectivity index (χ4v) is 5.01. The van der Waals surface area contributed by atoms with Crippen molar-refractivity contribution >= 4 is 27.3 Å². The molecule has 1 saturated heterocycles. The molecule has 1 aliphatic rings. The van der Waals surface area contributed by atoms with Gasteiger partial charge >= 0.3 is 5.97 Å². The first kappa shape index (κ1) is 17.1. The molecule has 0 amide bonds. The van der Waals surface area contributed by atoms with E-state index in [4.69, 9.17) is 14.0 Å². The van der Waals surface area contributed by atoms with E-state index >= 15 is 0 Å². The zero-order chi connectivity index (χ0) is 17.2. The molecule has 0 radical (unpaired) electrons. The fourth-order valence-electron chi connectivity index (χ4n) is 2.20. The number of hydrogen-bond donors (Lipinski definition) is 0. The van der Waals surface area contributed by atoms with E-state index in [1.165, 1.54) is 16.4 Å². The highest BCUT2D eigenvalue weighted by Crippen LogP contribution is 2.33. The average molecular weight is 372 g/mol. The molecule has 0 saturated carbocycles. The van der Waals surface area contributed by atoms with Crippen molar-refractivity contribution in [2.24, 2.45) is 0 Å². The fraction of sp³-hybridized carbons (Fsp3) is 0.429. The van der Waals surface area contributed by atoms with Gasteiger partial charge in [0.1, 0.15) is 4.21 Å². The van der Waals surface area contributed by atoms with Crippen LogP contribution in [0.3, 0.4) is 0 Å². The van der Waals surface area contributed by atoms with Crippen molar-refractivity contribution in [2.75, 3.05) is 32.9 Å². The first-order valence-corrected chi connectivity index (χ1v) is 9.60. The lowest BCUT2D eigenvalue weighted by Crippen LogP contribution is -2.40. The highest BCUT2D eigenvalue weighted by molar-refractivity contribution is 7.91. The molecule has 24 heavy (non-hydrogen) atoms. The standard InChI is InChI=1S/C14H16N2O6S2/c1-2-21-14(17)10-9-11(22-15-10)12-3-4-13(23-12)24(18,19)16-5-7-20-8-6-16/h3-4,9H,2,5-8H2,1H3. The third kappa shape index (κ3) is 3.36. The maximum Gasteiger partial charge on any atom is 0.360 e. The van der Waals surface area contributed by atoms with Gasteiger partial charge in [-0.2, -0.15) is 4.31 Å². The average Bonchev–Trinajstić information content (AvgIpc) is 3.25. The molecular weight excluding hydrogens is 356 g/mol. The molecule has 0 unspecified atom stereocenters. The predicted molar refractivity (Wildman–Crippen MR) is 85.4 cm³/mol. The van der Waals surface area contributed by atoms with Gasteiger partial charge in [0.2, 0.25) is 0 Å². The number of ether oxygens (including phenoxy) is 2. The summed E-state index contributed by atoms with van der Waals surface area (Å²) in [4.78, 5) is 12.2. The van der Waals surface area contributed by atoms with Gasteiger partial charge < -0.3 is 14.0 Å². The summed E-state index contributed by atoms with van der Waals surface area (Å²) in [5, 5.41) is 3.65. The number of morpholine rings is 1. The number of carbonyl (C=O) groups excluding carboxylic acids is 1. The van der Waals surface area contributed by atoms with Gasteiger partial charge in [0.05, 0.1) is 24.7 Å². The second-order valence-electron chi connectivity index (χ2n) is 4.93. The lowest BCUT2D eigenvalue weighted by Gasteiger charge is -2.25. The Kier molecular flexibility index (Phi) is 4.99. The summed E-state index contributed by atoms with van der Waals surface area (Å²) in [6, 6.07) is 4.60. The molecule has 0 aromatic carbocycles. The van der Waals surface area contributed by atoms with E-state index in [1.54, 1.807) is 13.0 Å². The first-order valence-electron chi connectivity index (χ1n) is 7.34. The Balaban J connectivity index is 1.81. The molecule has 1 aliphatic heterocycles. The third-order valence-corrected chi connectivity index (χ3v) is 6.85. The normalized spacial score (nSPS) is 16.2. The highest BCUT2D eigenvalue weighted by atomic mass is 32.2. The lowest BCUT2D eigenvalue weighted by molar-refractivity contribution is 0.0514. The quantitative estimate of drug-likeness (QED) is 0.735. The number of carbonyl (C=O) groups is 1. The number of sulfonamides is 1. The molecule has 3 rings (SSSR count). The molecule has 1 fully saturated rings. The minimum absolute atomic E-state index is 0.0536. The molecule has 3 heterocycles. The maximum absolute atomic E-state index is 12.6. The van der Waals surface area contributed by atoms with E-state index in [-0.39, 0.29) is 16.5 Å². The van der Waals surface area contributed by atoms with Crippen LogP contribution in [-0.2, 0) is 19.5 Å². The molecule has 0 atom stereocenters. The van der Waals surface area contributed by atoms with Crippen molar-refractivity contribution in [3.05, 3.63) is 23.9 Å². The number of esters is 1. The topological polar surface area (TPSA) is 98.9 Å². The number of nitrogens with zero attached hydrogens (tertiary/aromatic N) is 2. The van der Waals surface area contributed by atoms with Crippen LogP contribution in [0, 0.1) is 0 Å². The Morgan fingerprint density at radius 2 is 2.12 bits per heavy atom. The van der Waals surface area contributed by atoms with Crippen molar-refractivity contribution < 1.29 is 27.2 Å². The van der Waals surface area contributed by atoms with Crippen LogP contribution in [0.15, 0.2) is 26.9 Å². The Morgan fingerprint density at radius 1 is 1.38 bits per heavy atom. The number of rotatable bonds is 5. The van der Waals surface area contributed by atoms with Crippen LogP contribution in [0.2, 0.25) is 0 Å². The van der Waals surface area contributed by atoms with Crippen molar-refractivity contribution in [3.8, 4) is 10.6 Å². The van der Waals surface area contributed by atoms with Crippen molar-refractivity contribution in [3.63, 3.8) is 0 Å². The molecule has 0 bridgehead atoms. The largest absolute Gasteiger partial charge is 0.461 e. The molecule has 0 aliphatic carbocycles. The second kappa shape index (κ2) is 7.01. The van der Waals surface area contributed by atoms with Crippen LogP contribution < -0.4 is 0 Å². The van der Waals surface area contributed by atoms with Gasteiger partial charge in [-0.25, -0.2) is 13.2 Å². The van der Waals surface area contributed by atoms with Crippen LogP contribution in [0.4, 0.5) is 0 Å². The van der Waals surface area contributed by atoms with E-state index < -0.39 is 16.0 Å². The van der Waals surface area contributed by atoms with Gasteiger partial charge in [0.25, 0.3) is 10.0 Å². The molecule has 10 heteroatoms. The minimum atomic E-state index is -3.55. The van der Waals surface area contributed by atoms with Gasteiger partial charge in [-0.1, -0.05) is 5.16 Å². The molecule has 130 valence electrons. The summed E-state index contributed by atoms with van der Waals surface area (Å²) < 4.78 is 41.9. The van der Waals surface area contributed by atoms with Gasteiger partial charge in [-0.05, 0) is 19.1 Å². The SMILES string of the molecule is CCOC(=O)c1cc(-c2ccc(S(=O)(=O)N3CCOCC3)s2)on1. The Morgan fingerprint density at radius 3 is 2.83 bits per heavy atom. The highest BCUT2D eigenvalue weighted by Gasteiger charge is 2.28. The van der Waals surface area contributed by atoms with Crippen LogP contribution in [0.1, 0.15) is 17.4 Å². The lowest BCUT2D eigenvalue weighted by atomic mass is 10.3. The van der Waals surface area contributed by atoms with E-state index in [0.29, 0.717) is 36.9 Å². The van der Waals surface area contributed by atoms with Crippen molar-refractivity contribution in [2.45, 2.75) is 11.1 Å². The van der Waals surface area contributed by atoms with E-state index in [9.17, 15) is 13.2 Å². The van der Waals surface area contributed by atoms with Crippen LogP contribution in [0.5, 0.6) is 0 Å². The molecular formula is C14H16N2O6S2. The smallest absolute Gasteiger partial charge is 0.360 e. The monoisotopic (exact) mass is 372 g/mol. The second-order valence-corrected chi connectivity index (χ2v) is 8.18. The van der Waals surface area contributed by atoms with E-state index in [1.807, 2.05) is 0 Å². The van der Waals surface area contributed by atoms with Gasteiger partial charge in [0.15, 0.2) is 11.5 Å². The van der Waals surface area contributed by atoms with Crippen LogP contribution >= 0.6 is 11.3 Å². The molecule has 0 spiro atoms. The predicted octanol–water partition coefficient (Wildman–Crippen LogP) is 1.60. The van der Waals surface area contributed by atoms with Crippen molar-refractivity contribution in [1.82, 2.24) is 9.46 Å². The zero-order valence-electron chi connectivity index (χ0n) is 12.9. The third-order valence-electron chi connectivity index (χ3n) is 3.38. The number of aromatic nitrogens is 1. The molecule has 8 nitrogen and oxygen atoms in total. The Bertz CT molecular complexity index is 820. The molecule has 2 aromatic rings. The number of thiophene rings is 1. The van der Waals surface area contributed by atoms with Gasteiger partial charge in [-0.15, -0.1) is 11.3 Å². The molecule has 0 N–H and O–H groups in total. The van der Waals surface area contributed by atoms with Gasteiger partial charge in [0, 0.05) is 19.2 Å². The number of hydrogen-bond acceptors (Lipinski definition) is 8. The maximum atomic E-state index is 12.6. The summed E-state index contributed by atoms with van der Waals surface area (Å²) in [6.07, 6.45) is 0. The summed E-state index contributed by atoms with van der Waals surface area (Å²) in [7, 11) is -3.55. The van der Waals surface area contributed by atoms with E-state index in [2.05, 4.69) is 5.16 Å². The summed E-state index contributed by atoms with van der Waals surface area (Å²) >= 11 is 1.07. The summed E-state index contributed by atoms with van der Waals surface area (Å²) in [5.41, 5.74) is 0.0536. The molecule has 2 aromatic heterocycles.